The summed E-state index contributed by atoms with van der Waals surface area (Å²) in [5.41, 5.74) is -0.698. The molecular formula is C14H27NO5. The quantitative estimate of drug-likeness (QED) is 0.419. The molecule has 1 atom stereocenters. The van der Waals surface area contributed by atoms with Gasteiger partial charge in [-0.2, -0.15) is 0 Å². The third-order valence-corrected chi connectivity index (χ3v) is 3.45. The first kappa shape index (κ1) is 17.4. The lowest BCUT2D eigenvalue weighted by Gasteiger charge is -2.31. The minimum absolute atomic E-state index is 0.234. The lowest BCUT2D eigenvalue weighted by Crippen LogP contribution is -2.58. The molecule has 1 aliphatic rings. The minimum Gasteiger partial charge on any atom is -0.468 e. The van der Waals surface area contributed by atoms with Crippen LogP contribution in [0.3, 0.4) is 0 Å². The molecule has 0 heterocycles. The zero-order valence-corrected chi connectivity index (χ0v) is 12.8. The van der Waals surface area contributed by atoms with Crippen molar-refractivity contribution in [2.75, 3.05) is 53.8 Å². The number of ether oxygens (including phenoxy) is 4. The lowest BCUT2D eigenvalue weighted by molar-refractivity contribution is -0.153. The highest BCUT2D eigenvalue weighted by atomic mass is 16.5. The topological polar surface area (TPSA) is 66.0 Å². The second-order valence-electron chi connectivity index (χ2n) is 4.93. The zero-order valence-electron chi connectivity index (χ0n) is 12.8. The van der Waals surface area contributed by atoms with Gasteiger partial charge in [-0.15, -0.1) is 0 Å². The molecule has 1 fully saturated rings. The van der Waals surface area contributed by atoms with Crippen LogP contribution in [0.25, 0.3) is 0 Å². The molecule has 0 spiro atoms. The number of nitrogens with one attached hydrogen (secondary N) is 1. The first-order valence-corrected chi connectivity index (χ1v) is 7.19. The van der Waals surface area contributed by atoms with Crippen molar-refractivity contribution in [1.29, 1.82) is 0 Å². The Hall–Kier alpha value is -0.690. The summed E-state index contributed by atoms with van der Waals surface area (Å²) >= 11 is 0. The molecule has 1 unspecified atom stereocenters. The van der Waals surface area contributed by atoms with Crippen LogP contribution < -0.4 is 5.32 Å². The van der Waals surface area contributed by atoms with Crippen molar-refractivity contribution < 1.29 is 23.7 Å². The van der Waals surface area contributed by atoms with E-state index in [4.69, 9.17) is 18.9 Å². The molecule has 0 radical (unpaired) electrons. The summed E-state index contributed by atoms with van der Waals surface area (Å²) in [7, 11) is 3.06. The van der Waals surface area contributed by atoms with E-state index in [0.29, 0.717) is 45.5 Å². The summed E-state index contributed by atoms with van der Waals surface area (Å²) in [6, 6.07) is 0. The molecule has 0 saturated heterocycles. The number of carbonyl (C=O) groups excluding carboxylic acids is 1. The van der Waals surface area contributed by atoms with Crippen LogP contribution in [0.5, 0.6) is 0 Å². The van der Waals surface area contributed by atoms with Crippen molar-refractivity contribution in [3.8, 4) is 0 Å². The number of carbonyl (C=O) groups is 1. The van der Waals surface area contributed by atoms with Crippen molar-refractivity contribution in [3.05, 3.63) is 0 Å². The number of rotatable bonds is 12. The van der Waals surface area contributed by atoms with Crippen LogP contribution in [0.4, 0.5) is 0 Å². The largest absolute Gasteiger partial charge is 0.468 e. The van der Waals surface area contributed by atoms with Gasteiger partial charge in [-0.05, 0) is 25.3 Å². The van der Waals surface area contributed by atoms with Gasteiger partial charge in [0.05, 0.1) is 40.1 Å². The second kappa shape index (κ2) is 9.28. The molecule has 0 amide bonds. The van der Waals surface area contributed by atoms with Crippen LogP contribution in [-0.2, 0) is 23.7 Å². The number of methoxy groups -OCH3 is 2. The van der Waals surface area contributed by atoms with E-state index in [0.717, 1.165) is 12.8 Å². The van der Waals surface area contributed by atoms with E-state index in [2.05, 4.69) is 5.32 Å². The summed E-state index contributed by atoms with van der Waals surface area (Å²) in [6.45, 7) is 5.10. The number of hydrogen-bond acceptors (Lipinski definition) is 6. The van der Waals surface area contributed by atoms with E-state index >= 15 is 0 Å². The normalized spacial score (nSPS) is 17.8. The zero-order chi connectivity index (χ0) is 14.8. The van der Waals surface area contributed by atoms with Crippen LogP contribution in [-0.4, -0.2) is 65.3 Å². The van der Waals surface area contributed by atoms with Crippen LogP contribution in [0.2, 0.25) is 0 Å². The molecule has 0 bridgehead atoms. The predicted molar refractivity (Wildman–Crippen MR) is 74.7 cm³/mol. The monoisotopic (exact) mass is 289 g/mol. The van der Waals surface area contributed by atoms with E-state index in [1.165, 1.54) is 7.11 Å². The molecule has 1 aliphatic carbocycles. The van der Waals surface area contributed by atoms with Gasteiger partial charge in [0.15, 0.2) is 0 Å². The first-order valence-electron chi connectivity index (χ1n) is 7.19. The molecule has 0 aromatic heterocycles. The number of likely N-dealkylation sites (N-methyl/N-ethyl adjacent to an activating group) is 1. The van der Waals surface area contributed by atoms with E-state index < -0.39 is 5.54 Å². The van der Waals surface area contributed by atoms with E-state index in [1.54, 1.807) is 7.11 Å². The summed E-state index contributed by atoms with van der Waals surface area (Å²) in [5.74, 6) is 0.0754. The summed E-state index contributed by atoms with van der Waals surface area (Å²) in [5, 5.41) is 3.26. The Balaban J connectivity index is 2.35. The van der Waals surface area contributed by atoms with E-state index in [1.807, 2.05) is 6.92 Å². The average Bonchev–Trinajstić information content (AvgIpc) is 3.29. The molecule has 0 aliphatic heterocycles. The Bertz CT molecular complexity index is 283. The molecular weight excluding hydrogens is 262 g/mol. The molecule has 1 saturated carbocycles. The minimum atomic E-state index is -0.698. The predicted octanol–water partition coefficient (Wildman–Crippen LogP) is 0.597. The maximum atomic E-state index is 12.1. The van der Waals surface area contributed by atoms with Gasteiger partial charge in [-0.25, -0.2) is 4.79 Å². The molecule has 1 rings (SSSR count). The smallest absolute Gasteiger partial charge is 0.328 e. The second-order valence-corrected chi connectivity index (χ2v) is 4.93. The highest BCUT2D eigenvalue weighted by molar-refractivity contribution is 5.82. The standard InChI is InChI=1S/C14H27NO5/c1-4-15-14(12-5-6-12,13(16)18-3)11-20-10-9-19-8-7-17-2/h12,15H,4-11H2,1-3H3. The van der Waals surface area contributed by atoms with Gasteiger partial charge < -0.3 is 18.9 Å². The number of hydrogen-bond donors (Lipinski definition) is 1. The molecule has 20 heavy (non-hydrogen) atoms. The molecule has 6 nitrogen and oxygen atoms in total. The average molecular weight is 289 g/mol. The Kier molecular flexibility index (Phi) is 8.06. The molecule has 6 heteroatoms. The van der Waals surface area contributed by atoms with Gasteiger partial charge in [-0.3, -0.25) is 5.32 Å². The van der Waals surface area contributed by atoms with Gasteiger partial charge in [0, 0.05) is 7.11 Å². The Morgan fingerprint density at radius 1 is 1.15 bits per heavy atom. The van der Waals surface area contributed by atoms with Gasteiger partial charge >= 0.3 is 5.97 Å². The van der Waals surface area contributed by atoms with Crippen molar-refractivity contribution >= 4 is 5.97 Å². The summed E-state index contributed by atoms with van der Waals surface area (Å²) < 4.78 is 20.8. The lowest BCUT2D eigenvalue weighted by atomic mass is 9.94. The maximum Gasteiger partial charge on any atom is 0.328 e. The Morgan fingerprint density at radius 3 is 2.35 bits per heavy atom. The number of esters is 1. The van der Waals surface area contributed by atoms with Gasteiger partial charge in [0.2, 0.25) is 0 Å². The van der Waals surface area contributed by atoms with E-state index in [9.17, 15) is 4.79 Å². The van der Waals surface area contributed by atoms with Gasteiger partial charge in [0.1, 0.15) is 5.54 Å². The highest BCUT2D eigenvalue weighted by Gasteiger charge is 2.51. The third kappa shape index (κ3) is 5.01. The van der Waals surface area contributed by atoms with Crippen molar-refractivity contribution in [1.82, 2.24) is 5.32 Å². The fourth-order valence-corrected chi connectivity index (χ4v) is 2.28. The van der Waals surface area contributed by atoms with E-state index in [-0.39, 0.29) is 5.97 Å². The molecule has 0 aromatic carbocycles. The van der Waals surface area contributed by atoms with Gasteiger partial charge in [-0.1, -0.05) is 6.92 Å². The van der Waals surface area contributed by atoms with Crippen molar-refractivity contribution in [2.45, 2.75) is 25.3 Å². The fourth-order valence-electron chi connectivity index (χ4n) is 2.28. The summed E-state index contributed by atoms with van der Waals surface area (Å²) in [6.07, 6.45) is 2.07. The van der Waals surface area contributed by atoms with Gasteiger partial charge in [0.25, 0.3) is 0 Å². The Morgan fingerprint density at radius 2 is 1.80 bits per heavy atom. The van der Waals surface area contributed by atoms with Crippen LogP contribution in [0, 0.1) is 5.92 Å². The molecule has 118 valence electrons. The van der Waals surface area contributed by atoms with Crippen molar-refractivity contribution in [3.63, 3.8) is 0 Å². The molecule has 0 aromatic rings. The summed E-state index contributed by atoms with van der Waals surface area (Å²) in [4.78, 5) is 12.1. The fraction of sp³-hybridized carbons (Fsp3) is 0.929. The third-order valence-electron chi connectivity index (χ3n) is 3.45. The maximum absolute atomic E-state index is 12.1. The van der Waals surface area contributed by atoms with Crippen molar-refractivity contribution in [2.24, 2.45) is 5.92 Å². The van der Waals surface area contributed by atoms with Crippen LogP contribution in [0.1, 0.15) is 19.8 Å². The highest BCUT2D eigenvalue weighted by Crippen LogP contribution is 2.40. The first-order chi connectivity index (χ1) is 9.71. The van der Waals surface area contributed by atoms with Crippen LogP contribution in [0.15, 0.2) is 0 Å². The molecule has 1 N–H and O–H groups in total. The SMILES string of the molecule is CCNC(COCCOCCOC)(C(=O)OC)C1CC1. The van der Waals surface area contributed by atoms with Crippen LogP contribution >= 0.6 is 0 Å². The Labute approximate surface area is 121 Å².